The predicted molar refractivity (Wildman–Crippen MR) is 65.3 cm³/mol. The maximum Gasteiger partial charge on any atom is 0.0628 e. The van der Waals surface area contributed by atoms with Crippen LogP contribution in [0.1, 0.15) is 5.69 Å². The lowest BCUT2D eigenvalue weighted by atomic mass is 10.2. The van der Waals surface area contributed by atoms with E-state index in [4.69, 9.17) is 4.74 Å². The van der Waals surface area contributed by atoms with Gasteiger partial charge in [-0.1, -0.05) is 6.07 Å². The van der Waals surface area contributed by atoms with Crippen LogP contribution in [0.25, 0.3) is 0 Å². The highest BCUT2D eigenvalue weighted by molar-refractivity contribution is 5.03. The summed E-state index contributed by atoms with van der Waals surface area (Å²) in [7, 11) is 5.77. The summed E-state index contributed by atoms with van der Waals surface area (Å²) in [6.07, 6.45) is 1.83. The van der Waals surface area contributed by atoms with Crippen molar-refractivity contribution in [3.63, 3.8) is 0 Å². The van der Waals surface area contributed by atoms with E-state index < -0.39 is 0 Å². The first-order valence-corrected chi connectivity index (χ1v) is 5.51. The Bertz CT molecular complexity index is 279. The highest BCUT2D eigenvalue weighted by Gasteiger charge is 2.09. The summed E-state index contributed by atoms with van der Waals surface area (Å²) in [5, 5.41) is 3.23. The van der Waals surface area contributed by atoms with Gasteiger partial charge >= 0.3 is 0 Å². The molecule has 1 rings (SSSR count). The fourth-order valence-electron chi connectivity index (χ4n) is 1.64. The molecule has 0 aliphatic rings. The van der Waals surface area contributed by atoms with Gasteiger partial charge in [0, 0.05) is 32.4 Å². The molecule has 1 aromatic rings. The van der Waals surface area contributed by atoms with Crippen molar-refractivity contribution in [2.24, 2.45) is 0 Å². The molecule has 0 fully saturated rings. The van der Waals surface area contributed by atoms with Gasteiger partial charge in [-0.2, -0.15) is 0 Å². The van der Waals surface area contributed by atoms with Crippen LogP contribution in [0.3, 0.4) is 0 Å². The Morgan fingerprint density at radius 3 is 2.88 bits per heavy atom. The molecule has 4 heteroatoms. The minimum atomic E-state index is 0.360. The van der Waals surface area contributed by atoms with E-state index in [9.17, 15) is 0 Å². The van der Waals surface area contributed by atoms with Crippen molar-refractivity contribution in [3.8, 4) is 0 Å². The van der Waals surface area contributed by atoms with Crippen molar-refractivity contribution >= 4 is 0 Å². The number of hydrogen-bond donors (Lipinski definition) is 1. The molecule has 0 bridgehead atoms. The summed E-state index contributed by atoms with van der Waals surface area (Å²) in [5.41, 5.74) is 1.09. The van der Waals surface area contributed by atoms with Crippen LogP contribution in [0, 0.1) is 0 Å². The van der Waals surface area contributed by atoms with Crippen LogP contribution < -0.4 is 5.32 Å². The molecule has 1 unspecified atom stereocenters. The minimum Gasteiger partial charge on any atom is -0.383 e. The molecule has 90 valence electrons. The zero-order chi connectivity index (χ0) is 11.8. The third-order valence-corrected chi connectivity index (χ3v) is 2.47. The molecule has 0 saturated carbocycles. The fraction of sp³-hybridized carbons (Fsp3) is 0.583. The van der Waals surface area contributed by atoms with Gasteiger partial charge in [-0.25, -0.2) is 0 Å². The summed E-state index contributed by atoms with van der Waals surface area (Å²) in [6, 6.07) is 6.35. The molecule has 1 heterocycles. The van der Waals surface area contributed by atoms with Crippen LogP contribution in [0.15, 0.2) is 24.4 Å². The van der Waals surface area contributed by atoms with Crippen molar-refractivity contribution in [1.29, 1.82) is 0 Å². The standard InChI is InChI=1S/C12H21N3O/c1-13-12(10-16-3)9-15(2)8-11-6-4-5-7-14-11/h4-7,12-13H,8-10H2,1-3H3. The summed E-state index contributed by atoms with van der Waals surface area (Å²) in [4.78, 5) is 6.54. The van der Waals surface area contributed by atoms with Crippen molar-refractivity contribution in [2.75, 3.05) is 34.4 Å². The quantitative estimate of drug-likeness (QED) is 0.740. The molecule has 1 aromatic heterocycles. The Hall–Kier alpha value is -0.970. The van der Waals surface area contributed by atoms with E-state index >= 15 is 0 Å². The number of nitrogens with one attached hydrogen (secondary N) is 1. The number of hydrogen-bond acceptors (Lipinski definition) is 4. The molecule has 1 atom stereocenters. The van der Waals surface area contributed by atoms with Crippen LogP contribution in [-0.2, 0) is 11.3 Å². The molecule has 0 saturated heterocycles. The Labute approximate surface area is 97.6 Å². The molecule has 0 amide bonds. The maximum atomic E-state index is 5.14. The molecule has 0 aliphatic heterocycles. The molecular weight excluding hydrogens is 202 g/mol. The molecule has 4 nitrogen and oxygen atoms in total. The van der Waals surface area contributed by atoms with Crippen molar-refractivity contribution in [2.45, 2.75) is 12.6 Å². The van der Waals surface area contributed by atoms with Gasteiger partial charge in [-0.15, -0.1) is 0 Å². The van der Waals surface area contributed by atoms with E-state index in [1.165, 1.54) is 0 Å². The zero-order valence-electron chi connectivity index (χ0n) is 10.3. The lowest BCUT2D eigenvalue weighted by molar-refractivity contribution is 0.147. The topological polar surface area (TPSA) is 37.4 Å². The second kappa shape index (κ2) is 7.33. The molecular formula is C12H21N3O. The van der Waals surface area contributed by atoms with Crippen LogP contribution in [-0.4, -0.2) is 50.3 Å². The number of likely N-dealkylation sites (N-methyl/N-ethyl adjacent to an activating group) is 2. The van der Waals surface area contributed by atoms with E-state index in [-0.39, 0.29) is 0 Å². The van der Waals surface area contributed by atoms with Crippen LogP contribution in [0.2, 0.25) is 0 Å². The Morgan fingerprint density at radius 2 is 2.31 bits per heavy atom. The molecule has 16 heavy (non-hydrogen) atoms. The van der Waals surface area contributed by atoms with Gasteiger partial charge in [-0.3, -0.25) is 9.88 Å². The highest BCUT2D eigenvalue weighted by Crippen LogP contribution is 1.99. The van der Waals surface area contributed by atoms with Gasteiger partial charge in [0.1, 0.15) is 0 Å². The van der Waals surface area contributed by atoms with E-state index in [1.54, 1.807) is 7.11 Å². The molecule has 0 aliphatic carbocycles. The van der Waals surface area contributed by atoms with Crippen molar-refractivity contribution in [1.82, 2.24) is 15.2 Å². The largest absolute Gasteiger partial charge is 0.383 e. The monoisotopic (exact) mass is 223 g/mol. The zero-order valence-corrected chi connectivity index (χ0v) is 10.3. The first-order chi connectivity index (χ1) is 7.76. The Morgan fingerprint density at radius 1 is 1.50 bits per heavy atom. The first-order valence-electron chi connectivity index (χ1n) is 5.51. The SMILES string of the molecule is CNC(COC)CN(C)Cc1ccccn1. The third-order valence-electron chi connectivity index (χ3n) is 2.47. The third kappa shape index (κ3) is 4.70. The van der Waals surface area contributed by atoms with E-state index in [1.807, 2.05) is 31.4 Å². The van der Waals surface area contributed by atoms with Crippen molar-refractivity contribution in [3.05, 3.63) is 30.1 Å². The summed E-state index contributed by atoms with van der Waals surface area (Å²) >= 11 is 0. The number of rotatable bonds is 7. The molecule has 0 aromatic carbocycles. The van der Waals surface area contributed by atoms with E-state index in [0.29, 0.717) is 6.04 Å². The second-order valence-electron chi connectivity index (χ2n) is 3.96. The highest BCUT2D eigenvalue weighted by atomic mass is 16.5. The predicted octanol–water partition coefficient (Wildman–Crippen LogP) is 0.748. The average molecular weight is 223 g/mol. The van der Waals surface area contributed by atoms with E-state index in [0.717, 1.165) is 25.4 Å². The number of pyridine rings is 1. The van der Waals surface area contributed by atoms with Crippen LogP contribution >= 0.6 is 0 Å². The summed E-state index contributed by atoms with van der Waals surface area (Å²) < 4.78 is 5.14. The molecule has 1 N–H and O–H groups in total. The normalized spacial score (nSPS) is 13.0. The lowest BCUT2D eigenvalue weighted by Crippen LogP contribution is -2.40. The van der Waals surface area contributed by atoms with Gasteiger partial charge in [0.15, 0.2) is 0 Å². The maximum absolute atomic E-state index is 5.14. The Kier molecular flexibility index (Phi) is 6.00. The van der Waals surface area contributed by atoms with Gasteiger partial charge in [-0.05, 0) is 26.2 Å². The van der Waals surface area contributed by atoms with Crippen LogP contribution in [0.4, 0.5) is 0 Å². The van der Waals surface area contributed by atoms with Gasteiger partial charge in [0.25, 0.3) is 0 Å². The summed E-state index contributed by atoms with van der Waals surface area (Å²) in [6.45, 7) is 2.53. The second-order valence-corrected chi connectivity index (χ2v) is 3.96. The van der Waals surface area contributed by atoms with Crippen molar-refractivity contribution < 1.29 is 4.74 Å². The number of aromatic nitrogens is 1. The lowest BCUT2D eigenvalue weighted by Gasteiger charge is -2.22. The van der Waals surface area contributed by atoms with Crippen LogP contribution in [0.5, 0.6) is 0 Å². The number of nitrogens with zero attached hydrogens (tertiary/aromatic N) is 2. The van der Waals surface area contributed by atoms with Gasteiger partial charge in [0.2, 0.25) is 0 Å². The molecule has 0 radical (unpaired) electrons. The summed E-state index contributed by atoms with van der Waals surface area (Å²) in [5.74, 6) is 0. The smallest absolute Gasteiger partial charge is 0.0628 e. The number of methoxy groups -OCH3 is 1. The molecule has 0 spiro atoms. The number of ether oxygens (including phenoxy) is 1. The van der Waals surface area contributed by atoms with Gasteiger partial charge in [0.05, 0.1) is 12.3 Å². The Balaban J connectivity index is 2.37. The van der Waals surface area contributed by atoms with E-state index in [2.05, 4.69) is 22.2 Å². The fourth-order valence-corrected chi connectivity index (χ4v) is 1.64. The first kappa shape index (κ1) is 13.1. The van der Waals surface area contributed by atoms with Gasteiger partial charge < -0.3 is 10.1 Å². The minimum absolute atomic E-state index is 0.360. The average Bonchev–Trinajstić information content (AvgIpc) is 2.29.